The van der Waals surface area contributed by atoms with Crippen molar-refractivity contribution in [3.8, 4) is 44.5 Å². The predicted octanol–water partition coefficient (Wildman–Crippen LogP) is 15.2. The molecule has 0 amide bonds. The van der Waals surface area contributed by atoms with Gasteiger partial charge in [0.1, 0.15) is 0 Å². The molecule has 0 bridgehead atoms. The first-order valence-electron chi connectivity index (χ1n) is 21.1. The Kier molecular flexibility index (Phi) is 7.24. The van der Waals surface area contributed by atoms with Gasteiger partial charge in [-0.3, -0.25) is 0 Å². The molecule has 1 heteroatoms. The van der Waals surface area contributed by atoms with E-state index in [4.69, 9.17) is 0 Å². The van der Waals surface area contributed by atoms with Gasteiger partial charge in [0.05, 0.1) is 16.8 Å². The second-order valence-electron chi connectivity index (χ2n) is 17.0. The molecule has 9 aromatic carbocycles. The van der Waals surface area contributed by atoms with Gasteiger partial charge in [0.15, 0.2) is 0 Å². The summed E-state index contributed by atoms with van der Waals surface area (Å²) in [5, 5.41) is 2.68. The average Bonchev–Trinajstić information content (AvgIpc) is 3.71. The Hall–Kier alpha value is -6.96. The van der Waals surface area contributed by atoms with Crippen LogP contribution in [-0.4, -0.2) is 0 Å². The molecule has 1 spiro atoms. The second kappa shape index (κ2) is 12.5. The maximum Gasteiger partial charge on any atom is 0.0729 e. The predicted molar refractivity (Wildman–Crippen MR) is 247 cm³/mol. The molecule has 0 saturated heterocycles. The van der Waals surface area contributed by atoms with Gasteiger partial charge in [0.2, 0.25) is 0 Å². The molecule has 3 aliphatic carbocycles. The van der Waals surface area contributed by atoms with Gasteiger partial charge in [-0.1, -0.05) is 191 Å². The fourth-order valence-corrected chi connectivity index (χ4v) is 11.5. The lowest BCUT2D eigenvalue weighted by molar-refractivity contribution is 0.661. The van der Waals surface area contributed by atoms with E-state index in [1.807, 2.05) is 0 Å². The highest BCUT2D eigenvalue weighted by Crippen LogP contribution is 2.64. The van der Waals surface area contributed by atoms with Gasteiger partial charge in [-0.25, -0.2) is 0 Å². The molecule has 1 unspecified atom stereocenters. The van der Waals surface area contributed by atoms with Crippen molar-refractivity contribution in [3.63, 3.8) is 0 Å². The van der Waals surface area contributed by atoms with Crippen LogP contribution in [-0.2, 0) is 17.3 Å². The number of para-hydroxylation sites is 1. The third-order valence-corrected chi connectivity index (χ3v) is 13.8. The summed E-state index contributed by atoms with van der Waals surface area (Å²) in [6, 6.07) is 73.3. The van der Waals surface area contributed by atoms with Crippen LogP contribution in [0.5, 0.6) is 0 Å². The van der Waals surface area contributed by atoms with Crippen molar-refractivity contribution in [2.75, 3.05) is 4.90 Å². The van der Waals surface area contributed by atoms with E-state index in [9.17, 15) is 0 Å². The summed E-state index contributed by atoms with van der Waals surface area (Å²) in [4.78, 5) is 2.58. The molecule has 3 aliphatic rings. The van der Waals surface area contributed by atoms with E-state index in [0.29, 0.717) is 0 Å². The zero-order valence-electron chi connectivity index (χ0n) is 33.6. The van der Waals surface area contributed by atoms with Gasteiger partial charge in [-0.2, -0.15) is 0 Å². The molecule has 0 radical (unpaired) electrons. The lowest BCUT2D eigenvalue weighted by atomic mass is 9.60. The smallest absolute Gasteiger partial charge is 0.0729 e. The Labute approximate surface area is 346 Å². The molecule has 59 heavy (non-hydrogen) atoms. The number of hydrogen-bond acceptors (Lipinski definition) is 1. The minimum Gasteiger partial charge on any atom is -0.310 e. The topological polar surface area (TPSA) is 3.24 Å². The second-order valence-corrected chi connectivity index (χ2v) is 17.0. The molecule has 0 aromatic heterocycles. The first-order chi connectivity index (χ1) is 29.0. The molecule has 280 valence electrons. The van der Waals surface area contributed by atoms with Gasteiger partial charge >= 0.3 is 0 Å². The van der Waals surface area contributed by atoms with Crippen molar-refractivity contribution in [2.24, 2.45) is 0 Å². The normalized spacial score (nSPS) is 16.0. The van der Waals surface area contributed by atoms with Crippen LogP contribution < -0.4 is 4.90 Å². The van der Waals surface area contributed by atoms with E-state index in [1.165, 1.54) is 99.9 Å². The van der Waals surface area contributed by atoms with Gasteiger partial charge in [-0.15, -0.1) is 0 Å². The molecule has 12 rings (SSSR count). The molecule has 0 fully saturated rings. The Morgan fingerprint density at radius 2 is 0.966 bits per heavy atom. The van der Waals surface area contributed by atoms with Crippen molar-refractivity contribution in [1.82, 2.24) is 0 Å². The monoisotopic (exact) mass is 753 g/mol. The summed E-state index contributed by atoms with van der Waals surface area (Å²) in [6.07, 6.45) is 0.948. The van der Waals surface area contributed by atoms with E-state index < -0.39 is 5.41 Å². The van der Waals surface area contributed by atoms with Crippen LogP contribution in [0.3, 0.4) is 0 Å². The summed E-state index contributed by atoms with van der Waals surface area (Å²) >= 11 is 0. The third kappa shape index (κ3) is 4.51. The fraction of sp³-hybridized carbons (Fsp3) is 0.103. The number of aryl methyl sites for hydroxylation is 1. The van der Waals surface area contributed by atoms with Crippen LogP contribution in [0.1, 0.15) is 59.7 Å². The number of nitrogens with zero attached hydrogens (tertiary/aromatic N) is 1. The highest BCUT2D eigenvalue weighted by Gasteiger charge is 2.51. The molecule has 0 saturated carbocycles. The Morgan fingerprint density at radius 3 is 1.71 bits per heavy atom. The highest BCUT2D eigenvalue weighted by atomic mass is 15.1. The number of rotatable bonds is 5. The standard InChI is InChI=1S/C58H43N/c1-4-37-32-33-39-20-16-25-46-43-23-10-14-29-50(43)58(55(37)54(39)46)49-28-13-9-22-42(49)45-35-34-40(36-51(45)58)59(52-30-15-11-21-41(52)38-18-6-5-7-19-38)53-31-17-26-47-44-24-8-12-27-48(44)57(2,3)56(47)53/h5-36H,4H2,1-3H3. The third-order valence-electron chi connectivity index (χ3n) is 13.8. The van der Waals surface area contributed by atoms with Crippen molar-refractivity contribution >= 4 is 27.8 Å². The molecular weight excluding hydrogens is 711 g/mol. The Morgan fingerprint density at radius 1 is 0.407 bits per heavy atom. The summed E-state index contributed by atoms with van der Waals surface area (Å²) in [7, 11) is 0. The molecule has 0 aliphatic heterocycles. The molecule has 0 heterocycles. The van der Waals surface area contributed by atoms with Crippen LogP contribution >= 0.6 is 0 Å². The molecule has 1 atom stereocenters. The Bertz CT molecular complexity index is 3190. The number of anilines is 3. The zero-order valence-corrected chi connectivity index (χ0v) is 33.6. The first-order valence-corrected chi connectivity index (χ1v) is 21.1. The largest absolute Gasteiger partial charge is 0.310 e. The first kappa shape index (κ1) is 34.1. The average molecular weight is 754 g/mol. The number of hydrogen-bond donors (Lipinski definition) is 0. The SMILES string of the molecule is CCc1ccc2cccc3c2c1C1(c2ccccc2-c2ccc(N(c4ccccc4-c4ccccc4)c4cccc5c4C(C)(C)c4ccccc4-5)cc21)c1ccccc1-3. The molecule has 0 N–H and O–H groups in total. The lowest BCUT2D eigenvalue weighted by Gasteiger charge is -2.42. The van der Waals surface area contributed by atoms with Crippen LogP contribution in [0.15, 0.2) is 194 Å². The van der Waals surface area contributed by atoms with E-state index in [2.05, 4.69) is 220 Å². The molecule has 9 aromatic rings. The van der Waals surface area contributed by atoms with Crippen LogP contribution in [0.2, 0.25) is 0 Å². The van der Waals surface area contributed by atoms with Gasteiger partial charge < -0.3 is 4.90 Å². The maximum absolute atomic E-state index is 2.58. The van der Waals surface area contributed by atoms with Gasteiger partial charge in [0, 0.05) is 16.7 Å². The highest BCUT2D eigenvalue weighted by molar-refractivity contribution is 6.08. The molecular formula is C58H43N. The maximum atomic E-state index is 2.58. The quantitative estimate of drug-likeness (QED) is 0.169. The van der Waals surface area contributed by atoms with E-state index in [-0.39, 0.29) is 5.41 Å². The van der Waals surface area contributed by atoms with E-state index in [0.717, 1.165) is 17.8 Å². The minimum atomic E-state index is -0.517. The summed E-state index contributed by atoms with van der Waals surface area (Å²) in [6.45, 7) is 7.13. The number of benzene rings is 9. The van der Waals surface area contributed by atoms with E-state index >= 15 is 0 Å². The summed E-state index contributed by atoms with van der Waals surface area (Å²) in [5.41, 5.74) is 22.7. The molecule has 1 nitrogen and oxygen atoms in total. The van der Waals surface area contributed by atoms with Crippen molar-refractivity contribution in [1.29, 1.82) is 0 Å². The minimum absolute atomic E-state index is 0.214. The zero-order chi connectivity index (χ0) is 39.5. The van der Waals surface area contributed by atoms with Crippen molar-refractivity contribution < 1.29 is 0 Å². The summed E-state index contributed by atoms with van der Waals surface area (Å²) < 4.78 is 0. The lowest BCUT2D eigenvalue weighted by Crippen LogP contribution is -2.33. The van der Waals surface area contributed by atoms with Crippen LogP contribution in [0.4, 0.5) is 17.1 Å². The van der Waals surface area contributed by atoms with E-state index in [1.54, 1.807) is 0 Å². The number of fused-ring (bicyclic) bond motifs is 12. The van der Waals surface area contributed by atoms with Crippen molar-refractivity contribution in [3.05, 3.63) is 233 Å². The fourth-order valence-electron chi connectivity index (χ4n) is 11.5. The Balaban J connectivity index is 1.21. The van der Waals surface area contributed by atoms with Crippen molar-refractivity contribution in [2.45, 2.75) is 38.0 Å². The van der Waals surface area contributed by atoms with Crippen LogP contribution in [0, 0.1) is 0 Å². The van der Waals surface area contributed by atoms with Gasteiger partial charge in [-0.05, 0) is 119 Å². The summed E-state index contributed by atoms with van der Waals surface area (Å²) in [5.74, 6) is 0. The van der Waals surface area contributed by atoms with Crippen LogP contribution in [0.25, 0.3) is 55.3 Å². The van der Waals surface area contributed by atoms with Gasteiger partial charge in [0.25, 0.3) is 0 Å².